The first-order valence-corrected chi connectivity index (χ1v) is 9.33. The molecule has 1 fully saturated rings. The van der Waals surface area contributed by atoms with Gasteiger partial charge in [0, 0.05) is 32.2 Å². The normalized spacial score (nSPS) is 18.3. The van der Waals surface area contributed by atoms with Gasteiger partial charge in [-0.05, 0) is 12.8 Å². The number of hydrogen-bond acceptors (Lipinski definition) is 2. The molecule has 20 heavy (non-hydrogen) atoms. The number of unbranched alkanes of at least 4 members (excludes halogenated alkanes) is 7. The Bertz CT molecular complexity index is 200. The highest BCUT2D eigenvalue weighted by atomic mass is 15.2. The minimum absolute atomic E-state index is 0.871. The van der Waals surface area contributed by atoms with Crippen LogP contribution in [-0.2, 0) is 0 Å². The monoisotopic (exact) mass is 282 g/mol. The van der Waals surface area contributed by atoms with Crippen molar-refractivity contribution in [1.82, 2.24) is 10.2 Å². The van der Waals surface area contributed by atoms with Gasteiger partial charge in [0.15, 0.2) is 0 Å². The summed E-state index contributed by atoms with van der Waals surface area (Å²) >= 11 is 0. The van der Waals surface area contributed by atoms with E-state index < -0.39 is 0 Å². The van der Waals surface area contributed by atoms with Crippen molar-refractivity contribution in [3.8, 4) is 0 Å². The molecule has 1 rings (SSSR count). The zero-order valence-corrected chi connectivity index (χ0v) is 14.1. The third-order valence-corrected chi connectivity index (χ3v) is 4.70. The van der Waals surface area contributed by atoms with Gasteiger partial charge in [-0.25, -0.2) is 0 Å². The number of nitrogens with one attached hydrogen (secondary N) is 1. The first kappa shape index (κ1) is 18.0. The number of rotatable bonds is 12. The van der Waals surface area contributed by atoms with Crippen LogP contribution in [0.4, 0.5) is 0 Å². The highest BCUT2D eigenvalue weighted by Gasteiger charge is 2.19. The van der Waals surface area contributed by atoms with Crippen LogP contribution >= 0.6 is 0 Å². The Hall–Kier alpha value is -0.0800. The van der Waals surface area contributed by atoms with E-state index in [1.165, 1.54) is 96.8 Å². The van der Waals surface area contributed by atoms with E-state index >= 15 is 0 Å². The van der Waals surface area contributed by atoms with Crippen LogP contribution in [0.3, 0.4) is 0 Å². The molecule has 1 aliphatic heterocycles. The molecule has 0 saturated carbocycles. The van der Waals surface area contributed by atoms with Gasteiger partial charge in [0.2, 0.25) is 0 Å². The molecule has 1 saturated heterocycles. The summed E-state index contributed by atoms with van der Waals surface area (Å²) in [5.41, 5.74) is 0. The Morgan fingerprint density at radius 2 is 1.25 bits per heavy atom. The number of hydrogen-bond donors (Lipinski definition) is 1. The van der Waals surface area contributed by atoms with Crippen molar-refractivity contribution in [3.05, 3.63) is 0 Å². The van der Waals surface area contributed by atoms with E-state index in [0.717, 1.165) is 6.04 Å². The molecule has 1 heterocycles. The van der Waals surface area contributed by atoms with E-state index in [4.69, 9.17) is 0 Å². The maximum Gasteiger partial charge on any atom is 0.0110 e. The first-order chi connectivity index (χ1) is 9.88. The Morgan fingerprint density at radius 3 is 1.80 bits per heavy atom. The molecule has 0 bridgehead atoms. The van der Waals surface area contributed by atoms with Gasteiger partial charge in [-0.2, -0.15) is 0 Å². The molecule has 2 heteroatoms. The van der Waals surface area contributed by atoms with Crippen molar-refractivity contribution in [2.75, 3.05) is 26.2 Å². The van der Waals surface area contributed by atoms with Crippen LogP contribution in [0.15, 0.2) is 0 Å². The molecule has 0 aromatic heterocycles. The van der Waals surface area contributed by atoms with E-state index in [0.29, 0.717) is 0 Å². The van der Waals surface area contributed by atoms with Crippen molar-refractivity contribution in [3.63, 3.8) is 0 Å². The predicted molar refractivity (Wildman–Crippen MR) is 90.4 cm³/mol. The molecule has 1 N–H and O–H groups in total. The third-order valence-electron chi connectivity index (χ3n) is 4.70. The van der Waals surface area contributed by atoms with Crippen molar-refractivity contribution in [2.24, 2.45) is 0 Å². The van der Waals surface area contributed by atoms with E-state index in [2.05, 4.69) is 24.1 Å². The van der Waals surface area contributed by atoms with Crippen molar-refractivity contribution >= 4 is 0 Å². The zero-order valence-electron chi connectivity index (χ0n) is 14.1. The van der Waals surface area contributed by atoms with E-state index in [9.17, 15) is 0 Å². The average Bonchev–Trinajstić information content (AvgIpc) is 2.50. The van der Waals surface area contributed by atoms with Crippen molar-refractivity contribution < 1.29 is 0 Å². The lowest BCUT2D eigenvalue weighted by molar-refractivity contribution is 0.151. The summed E-state index contributed by atoms with van der Waals surface area (Å²) < 4.78 is 0. The van der Waals surface area contributed by atoms with E-state index in [-0.39, 0.29) is 0 Å². The van der Waals surface area contributed by atoms with E-state index in [1.54, 1.807) is 0 Å². The van der Waals surface area contributed by atoms with Crippen molar-refractivity contribution in [2.45, 2.75) is 90.5 Å². The molecule has 0 radical (unpaired) electrons. The molecule has 0 aromatic rings. The fourth-order valence-corrected chi connectivity index (χ4v) is 3.35. The van der Waals surface area contributed by atoms with E-state index in [1.807, 2.05) is 0 Å². The second-order valence-corrected chi connectivity index (χ2v) is 6.49. The van der Waals surface area contributed by atoms with Gasteiger partial charge in [0.25, 0.3) is 0 Å². The van der Waals surface area contributed by atoms with Crippen LogP contribution in [0.1, 0.15) is 84.5 Å². The summed E-state index contributed by atoms with van der Waals surface area (Å²) in [6.07, 6.45) is 15.7. The smallest absolute Gasteiger partial charge is 0.0110 e. The standard InChI is InChI=1S/C18H38N2/c1-3-5-7-9-11-13-18(12-10-8-6-4-2)20-16-14-19-15-17-20/h18-19H,3-17H2,1-2H3. The zero-order chi connectivity index (χ0) is 14.5. The van der Waals surface area contributed by atoms with Crippen LogP contribution in [0.5, 0.6) is 0 Å². The SMILES string of the molecule is CCCCCCCC(CCCCCC)N1CCNCC1. The lowest BCUT2D eigenvalue weighted by Gasteiger charge is -2.35. The van der Waals surface area contributed by atoms with Gasteiger partial charge in [-0.3, -0.25) is 4.90 Å². The largest absolute Gasteiger partial charge is 0.314 e. The summed E-state index contributed by atoms with van der Waals surface area (Å²) in [5.74, 6) is 0. The Morgan fingerprint density at radius 1 is 0.750 bits per heavy atom. The second-order valence-electron chi connectivity index (χ2n) is 6.49. The maximum atomic E-state index is 3.49. The summed E-state index contributed by atoms with van der Waals surface area (Å²) in [7, 11) is 0. The average molecular weight is 283 g/mol. The number of nitrogens with zero attached hydrogens (tertiary/aromatic N) is 1. The van der Waals surface area contributed by atoms with Gasteiger partial charge in [0.1, 0.15) is 0 Å². The maximum absolute atomic E-state index is 3.49. The third kappa shape index (κ3) is 8.26. The van der Waals surface area contributed by atoms with Crippen LogP contribution in [0.2, 0.25) is 0 Å². The fourth-order valence-electron chi connectivity index (χ4n) is 3.35. The van der Waals surface area contributed by atoms with Gasteiger partial charge >= 0.3 is 0 Å². The van der Waals surface area contributed by atoms with Gasteiger partial charge < -0.3 is 5.32 Å². The Kier molecular flexibility index (Phi) is 11.4. The van der Waals surface area contributed by atoms with Crippen LogP contribution < -0.4 is 5.32 Å². The minimum atomic E-state index is 0.871. The molecule has 1 unspecified atom stereocenters. The van der Waals surface area contributed by atoms with Crippen molar-refractivity contribution in [1.29, 1.82) is 0 Å². The predicted octanol–water partition coefficient (Wildman–Crippen LogP) is 4.59. The van der Waals surface area contributed by atoms with Crippen LogP contribution in [0.25, 0.3) is 0 Å². The molecule has 0 amide bonds. The van der Waals surface area contributed by atoms with Gasteiger partial charge in [0.05, 0.1) is 0 Å². The lowest BCUT2D eigenvalue weighted by Crippen LogP contribution is -2.48. The minimum Gasteiger partial charge on any atom is -0.314 e. The molecule has 0 aliphatic carbocycles. The molecular weight excluding hydrogens is 244 g/mol. The molecule has 120 valence electrons. The summed E-state index contributed by atoms with van der Waals surface area (Å²) in [4.78, 5) is 2.77. The highest BCUT2D eigenvalue weighted by molar-refractivity contribution is 4.77. The molecule has 2 nitrogen and oxygen atoms in total. The fraction of sp³-hybridized carbons (Fsp3) is 1.00. The molecular formula is C18H38N2. The second kappa shape index (κ2) is 12.6. The Labute approximate surface area is 127 Å². The van der Waals surface area contributed by atoms with Crippen LogP contribution in [-0.4, -0.2) is 37.1 Å². The first-order valence-electron chi connectivity index (χ1n) is 9.33. The quantitative estimate of drug-likeness (QED) is 0.527. The van der Waals surface area contributed by atoms with Gasteiger partial charge in [-0.15, -0.1) is 0 Å². The number of piperazine rings is 1. The summed E-state index contributed by atoms with van der Waals surface area (Å²) in [5, 5.41) is 3.49. The molecule has 0 aromatic carbocycles. The summed E-state index contributed by atoms with van der Waals surface area (Å²) in [6.45, 7) is 9.54. The molecule has 1 atom stereocenters. The topological polar surface area (TPSA) is 15.3 Å². The summed E-state index contributed by atoms with van der Waals surface area (Å²) in [6, 6.07) is 0.871. The molecule has 1 aliphatic rings. The molecule has 0 spiro atoms. The van der Waals surface area contributed by atoms with Crippen LogP contribution in [0, 0.1) is 0 Å². The Balaban J connectivity index is 2.22. The van der Waals surface area contributed by atoms with Gasteiger partial charge in [-0.1, -0.05) is 71.6 Å². The lowest BCUT2D eigenvalue weighted by atomic mass is 9.99. The highest BCUT2D eigenvalue weighted by Crippen LogP contribution is 2.18.